The Morgan fingerprint density at radius 3 is 2.33 bits per heavy atom. The molecule has 0 saturated heterocycles. The third-order valence-electron chi connectivity index (χ3n) is 5.46. The van der Waals surface area contributed by atoms with E-state index in [1.54, 1.807) is 0 Å². The summed E-state index contributed by atoms with van der Waals surface area (Å²) in [4.78, 5) is 0. The molecule has 2 aromatic rings. The predicted octanol–water partition coefficient (Wildman–Crippen LogP) is 6.75. The van der Waals surface area contributed by atoms with E-state index in [0.717, 1.165) is 27.7 Å². The van der Waals surface area contributed by atoms with Crippen molar-refractivity contribution in [2.45, 2.75) is 39.2 Å². The van der Waals surface area contributed by atoms with Gasteiger partial charge in [-0.2, -0.15) is 0 Å². The fourth-order valence-electron chi connectivity index (χ4n) is 4.60. The maximum absolute atomic E-state index is 6.53. The van der Waals surface area contributed by atoms with Crippen molar-refractivity contribution in [1.29, 1.82) is 0 Å². The molecule has 0 aromatic heterocycles. The molecule has 124 valence electrons. The van der Waals surface area contributed by atoms with Crippen molar-refractivity contribution in [3.05, 3.63) is 74.3 Å². The van der Waals surface area contributed by atoms with Crippen molar-refractivity contribution in [3.8, 4) is 0 Å². The minimum Gasteiger partial charge on any atom is -0.376 e. The average Bonchev–Trinajstić information content (AvgIpc) is 2.99. The number of halogens is 2. The second-order valence-corrected chi connectivity index (χ2v) is 7.92. The molecule has 0 amide bonds. The average molecular weight is 358 g/mol. The molecule has 3 heteroatoms. The third kappa shape index (κ3) is 2.37. The van der Waals surface area contributed by atoms with E-state index < -0.39 is 0 Å². The van der Waals surface area contributed by atoms with Crippen LogP contribution in [-0.4, -0.2) is 0 Å². The Kier molecular flexibility index (Phi) is 3.89. The summed E-state index contributed by atoms with van der Waals surface area (Å²) in [5.41, 5.74) is 7.56. The Labute approximate surface area is 153 Å². The molecule has 2 aliphatic rings. The number of fused-ring (bicyclic) bond motifs is 3. The van der Waals surface area contributed by atoms with Gasteiger partial charge in [-0.3, -0.25) is 0 Å². The van der Waals surface area contributed by atoms with Crippen LogP contribution in [0, 0.1) is 26.7 Å². The molecule has 1 heterocycles. The summed E-state index contributed by atoms with van der Waals surface area (Å²) in [7, 11) is 0. The fraction of sp³-hybridized carbons (Fsp3) is 0.333. The molecule has 1 aliphatic carbocycles. The highest BCUT2D eigenvalue weighted by Crippen LogP contribution is 2.54. The third-order valence-corrected chi connectivity index (χ3v) is 6.11. The molecule has 1 nitrogen and oxygen atoms in total. The van der Waals surface area contributed by atoms with Gasteiger partial charge in [0.2, 0.25) is 0 Å². The van der Waals surface area contributed by atoms with E-state index in [9.17, 15) is 0 Å². The van der Waals surface area contributed by atoms with Crippen molar-refractivity contribution >= 4 is 28.9 Å². The number of allylic oxidation sites excluding steroid dienone is 2. The van der Waals surface area contributed by atoms with Crippen LogP contribution in [0.2, 0.25) is 10.0 Å². The molecule has 0 spiro atoms. The van der Waals surface area contributed by atoms with Gasteiger partial charge < -0.3 is 5.32 Å². The van der Waals surface area contributed by atoms with Crippen LogP contribution in [-0.2, 0) is 0 Å². The Morgan fingerprint density at radius 1 is 0.958 bits per heavy atom. The van der Waals surface area contributed by atoms with Crippen LogP contribution in [0.5, 0.6) is 0 Å². The zero-order chi connectivity index (χ0) is 17.0. The van der Waals surface area contributed by atoms with Gasteiger partial charge in [0.05, 0.1) is 16.8 Å². The van der Waals surface area contributed by atoms with Gasteiger partial charge in [0, 0.05) is 16.5 Å². The number of hydrogen-bond acceptors (Lipinski definition) is 1. The lowest BCUT2D eigenvalue weighted by Crippen LogP contribution is -2.30. The SMILES string of the molecule is Cc1cc(C)c(C2Nc3c(Cl)ccc(Cl)c3C3C=CCC32)c(C)c1. The molecule has 0 radical (unpaired) electrons. The minimum atomic E-state index is 0.258. The Balaban J connectivity index is 1.90. The van der Waals surface area contributed by atoms with Crippen LogP contribution >= 0.6 is 23.2 Å². The van der Waals surface area contributed by atoms with Crippen LogP contribution in [0.1, 0.15) is 46.2 Å². The molecule has 1 N–H and O–H groups in total. The number of rotatable bonds is 1. The topological polar surface area (TPSA) is 12.0 Å². The van der Waals surface area contributed by atoms with E-state index in [0.29, 0.717) is 11.8 Å². The smallest absolute Gasteiger partial charge is 0.0641 e. The molecule has 3 atom stereocenters. The van der Waals surface area contributed by atoms with Gasteiger partial charge in [0.25, 0.3) is 0 Å². The van der Waals surface area contributed by atoms with Gasteiger partial charge in [-0.05, 0) is 61.9 Å². The van der Waals surface area contributed by atoms with Crippen molar-refractivity contribution in [1.82, 2.24) is 0 Å². The van der Waals surface area contributed by atoms with Crippen LogP contribution in [0.3, 0.4) is 0 Å². The van der Waals surface area contributed by atoms with Crippen LogP contribution in [0.25, 0.3) is 0 Å². The molecule has 1 aliphatic heterocycles. The van der Waals surface area contributed by atoms with Gasteiger partial charge in [-0.25, -0.2) is 0 Å². The normalized spacial score (nSPS) is 24.5. The fourth-order valence-corrected chi connectivity index (χ4v) is 5.10. The molecule has 0 saturated carbocycles. The van der Waals surface area contributed by atoms with Gasteiger partial charge in [-0.1, -0.05) is 53.1 Å². The quantitative estimate of drug-likeness (QED) is 0.556. The highest BCUT2D eigenvalue weighted by Gasteiger charge is 2.40. The Bertz CT molecular complexity index is 830. The van der Waals surface area contributed by atoms with Gasteiger partial charge >= 0.3 is 0 Å². The maximum atomic E-state index is 6.53. The van der Waals surface area contributed by atoms with Crippen molar-refractivity contribution in [2.75, 3.05) is 5.32 Å². The summed E-state index contributed by atoms with van der Waals surface area (Å²) >= 11 is 13.0. The molecule has 2 aromatic carbocycles. The van der Waals surface area contributed by atoms with E-state index in [4.69, 9.17) is 23.2 Å². The molecular formula is C21H21Cl2N. The van der Waals surface area contributed by atoms with E-state index in [2.05, 4.69) is 50.4 Å². The van der Waals surface area contributed by atoms with Crippen LogP contribution in [0.4, 0.5) is 5.69 Å². The number of benzene rings is 2. The molecular weight excluding hydrogens is 337 g/mol. The van der Waals surface area contributed by atoms with Gasteiger partial charge in [-0.15, -0.1) is 0 Å². The summed E-state index contributed by atoms with van der Waals surface area (Å²) in [5.74, 6) is 0.811. The highest BCUT2D eigenvalue weighted by molar-refractivity contribution is 6.36. The first kappa shape index (κ1) is 16.1. The van der Waals surface area contributed by atoms with E-state index in [-0.39, 0.29) is 6.04 Å². The Hall–Kier alpha value is -1.44. The summed E-state index contributed by atoms with van der Waals surface area (Å²) < 4.78 is 0. The molecule has 3 unspecified atom stereocenters. The summed E-state index contributed by atoms with van der Waals surface area (Å²) in [6.45, 7) is 6.58. The van der Waals surface area contributed by atoms with Gasteiger partial charge in [0.1, 0.15) is 0 Å². The van der Waals surface area contributed by atoms with Crippen LogP contribution in [0.15, 0.2) is 36.4 Å². The Morgan fingerprint density at radius 2 is 1.62 bits per heavy atom. The lowest BCUT2D eigenvalue weighted by atomic mass is 9.75. The largest absolute Gasteiger partial charge is 0.376 e. The summed E-state index contributed by atoms with van der Waals surface area (Å²) in [6, 6.07) is 8.61. The maximum Gasteiger partial charge on any atom is 0.0641 e. The molecule has 4 rings (SSSR count). The van der Waals surface area contributed by atoms with Crippen molar-refractivity contribution in [2.24, 2.45) is 5.92 Å². The number of hydrogen-bond donors (Lipinski definition) is 1. The zero-order valence-electron chi connectivity index (χ0n) is 14.2. The highest BCUT2D eigenvalue weighted by atomic mass is 35.5. The van der Waals surface area contributed by atoms with E-state index in [1.807, 2.05) is 12.1 Å². The van der Waals surface area contributed by atoms with Crippen molar-refractivity contribution < 1.29 is 0 Å². The monoisotopic (exact) mass is 357 g/mol. The first-order valence-corrected chi connectivity index (χ1v) is 9.22. The second-order valence-electron chi connectivity index (χ2n) is 7.11. The summed E-state index contributed by atoms with van der Waals surface area (Å²) in [6.07, 6.45) is 5.66. The van der Waals surface area contributed by atoms with Crippen molar-refractivity contribution in [3.63, 3.8) is 0 Å². The lowest BCUT2D eigenvalue weighted by molar-refractivity contribution is 0.423. The number of anilines is 1. The number of aryl methyl sites for hydroxylation is 3. The summed E-state index contributed by atoms with van der Waals surface area (Å²) in [5, 5.41) is 5.29. The van der Waals surface area contributed by atoms with E-state index in [1.165, 1.54) is 22.3 Å². The molecule has 24 heavy (non-hydrogen) atoms. The minimum absolute atomic E-state index is 0.258. The number of nitrogens with one attached hydrogen (secondary N) is 1. The second kappa shape index (κ2) is 5.82. The van der Waals surface area contributed by atoms with Gasteiger partial charge in [0.15, 0.2) is 0 Å². The standard InChI is InChI=1S/C21H21Cl2N/c1-11-9-12(2)18(13(3)10-11)20-15-6-4-5-14(15)19-16(22)7-8-17(23)21(19)24-20/h4-5,7-10,14-15,20,24H,6H2,1-3H3. The molecule has 0 fully saturated rings. The zero-order valence-corrected chi connectivity index (χ0v) is 15.7. The molecule has 0 bridgehead atoms. The first-order chi connectivity index (χ1) is 11.5. The van der Waals surface area contributed by atoms with Crippen LogP contribution < -0.4 is 5.32 Å². The first-order valence-electron chi connectivity index (χ1n) is 8.46. The van der Waals surface area contributed by atoms with E-state index >= 15 is 0 Å². The predicted molar refractivity (Wildman–Crippen MR) is 103 cm³/mol. The lowest BCUT2D eigenvalue weighted by Gasteiger charge is -2.39.